The van der Waals surface area contributed by atoms with Gasteiger partial charge in [-0.3, -0.25) is 0 Å². The molecule has 6 N–H and O–H groups in total. The molecule has 3 aliphatic heterocycles. The molecule has 0 bridgehead atoms. The van der Waals surface area contributed by atoms with Crippen LogP contribution in [0.15, 0.2) is 11.6 Å². The van der Waals surface area contributed by atoms with Gasteiger partial charge in [0.25, 0.3) is 0 Å². The summed E-state index contributed by atoms with van der Waals surface area (Å²) < 4.78 is 35.2. The highest BCUT2D eigenvalue weighted by atomic mass is 16.7. The molecular weight excluding hydrogens is 656 g/mol. The number of carbonyl (C=O) groups is 2. The van der Waals surface area contributed by atoms with Crippen molar-refractivity contribution < 1.29 is 68.6 Å². The Morgan fingerprint density at radius 1 is 0.960 bits per heavy atom. The molecule has 3 heterocycles. The van der Waals surface area contributed by atoms with Gasteiger partial charge in [-0.2, -0.15) is 0 Å². The number of aliphatic hydroxyl groups is 6. The summed E-state index contributed by atoms with van der Waals surface area (Å²) in [6, 6.07) is 0. The molecule has 0 radical (unpaired) electrons. The Morgan fingerprint density at radius 2 is 1.72 bits per heavy atom. The van der Waals surface area contributed by atoms with E-state index in [9.17, 15) is 40.2 Å². The lowest BCUT2D eigenvalue weighted by atomic mass is 9.41. The molecule has 7 rings (SSSR count). The predicted molar refractivity (Wildman–Crippen MR) is 171 cm³/mol. The number of hydrogen-bond donors (Lipinski definition) is 6. The van der Waals surface area contributed by atoms with E-state index in [0.717, 1.165) is 18.3 Å². The average molecular weight is 711 g/mol. The van der Waals surface area contributed by atoms with Crippen molar-refractivity contribution in [3.8, 4) is 0 Å². The zero-order chi connectivity index (χ0) is 35.8. The maximum atomic E-state index is 13.2. The van der Waals surface area contributed by atoms with Crippen LogP contribution in [0.2, 0.25) is 0 Å². The third kappa shape index (κ3) is 5.55. The summed E-state index contributed by atoms with van der Waals surface area (Å²) in [5, 5.41) is 65.3. The van der Waals surface area contributed by atoms with E-state index in [1.165, 1.54) is 7.11 Å². The number of methoxy groups -OCH3 is 1. The average Bonchev–Trinajstić information content (AvgIpc) is 3.64. The molecule has 4 saturated carbocycles. The molecule has 17 atom stereocenters. The zero-order valence-corrected chi connectivity index (χ0v) is 29.1. The van der Waals surface area contributed by atoms with Crippen LogP contribution in [-0.2, 0) is 38.0 Å². The third-order valence-electron chi connectivity index (χ3n) is 14.2. The van der Waals surface area contributed by atoms with Gasteiger partial charge < -0.3 is 63.9 Å². The van der Waals surface area contributed by atoms with Gasteiger partial charge in [0.2, 0.25) is 0 Å². The summed E-state index contributed by atoms with van der Waals surface area (Å²) in [7, 11) is 1.51. The van der Waals surface area contributed by atoms with Crippen molar-refractivity contribution in [3.63, 3.8) is 0 Å². The van der Waals surface area contributed by atoms with Crippen molar-refractivity contribution in [1.82, 2.24) is 0 Å². The van der Waals surface area contributed by atoms with Crippen molar-refractivity contribution in [2.75, 3.05) is 20.3 Å². The Labute approximate surface area is 292 Å². The van der Waals surface area contributed by atoms with Crippen LogP contribution in [-0.4, -0.2) is 136 Å². The molecule has 4 aliphatic carbocycles. The minimum atomic E-state index is -1.58. The van der Waals surface area contributed by atoms with Gasteiger partial charge in [-0.15, -0.1) is 0 Å². The van der Waals surface area contributed by atoms with Crippen molar-refractivity contribution in [3.05, 3.63) is 11.6 Å². The van der Waals surface area contributed by atoms with Gasteiger partial charge in [0, 0.05) is 31.4 Å². The Bertz CT molecular complexity index is 1330. The molecule has 0 aromatic carbocycles. The maximum absolute atomic E-state index is 13.2. The first kappa shape index (κ1) is 36.8. The number of fused-ring (bicyclic) bond motifs is 5. The van der Waals surface area contributed by atoms with Crippen molar-refractivity contribution in [1.29, 1.82) is 0 Å². The molecule has 0 spiro atoms. The SMILES string of the molecule is CO[C@@H]1C[C@H](O[C@H]2CC[C@]3(C=O)[C@@H]4CC[C@@]5(C)[C@H](C6=CC(=O)OC6)CC[C@]5(O)[C@H]4CC[C@@]3(O)C2)O[C@@H](C)[C@@H]1O[C@H]1O[C@@H](CO)[C@H](O)[C@@H](O)[C@@H]1O. The molecule has 2 saturated heterocycles. The van der Waals surface area contributed by atoms with E-state index < -0.39 is 90.1 Å². The first-order valence-electron chi connectivity index (χ1n) is 18.3. The van der Waals surface area contributed by atoms with Crippen LogP contribution < -0.4 is 0 Å². The van der Waals surface area contributed by atoms with Gasteiger partial charge in [-0.25, -0.2) is 4.79 Å². The number of rotatable bonds is 8. The minimum Gasteiger partial charge on any atom is -0.458 e. The summed E-state index contributed by atoms with van der Waals surface area (Å²) >= 11 is 0. The number of hydrogen-bond acceptors (Lipinski definition) is 14. The van der Waals surface area contributed by atoms with E-state index in [-0.39, 0.29) is 43.2 Å². The Balaban J connectivity index is 1.01. The molecule has 6 fully saturated rings. The molecule has 0 unspecified atom stereocenters. The molecule has 7 aliphatic rings. The maximum Gasteiger partial charge on any atom is 0.331 e. The topological polar surface area (TPSA) is 211 Å². The number of esters is 1. The van der Waals surface area contributed by atoms with Gasteiger partial charge in [0.05, 0.1) is 41.5 Å². The van der Waals surface area contributed by atoms with Crippen LogP contribution in [0.4, 0.5) is 0 Å². The number of cyclic esters (lactones) is 1. The van der Waals surface area contributed by atoms with Crippen LogP contribution in [0.3, 0.4) is 0 Å². The Hall–Kier alpha value is -1.56. The molecule has 0 amide bonds. The second-order valence-electron chi connectivity index (χ2n) is 16.3. The number of aldehydes is 1. The van der Waals surface area contributed by atoms with Gasteiger partial charge in [0.15, 0.2) is 12.6 Å². The summed E-state index contributed by atoms with van der Waals surface area (Å²) in [5.41, 5.74) is -2.86. The minimum absolute atomic E-state index is 0.0352. The van der Waals surface area contributed by atoms with E-state index in [2.05, 4.69) is 6.92 Å². The van der Waals surface area contributed by atoms with Crippen LogP contribution in [0.25, 0.3) is 0 Å². The fraction of sp³-hybridized carbons (Fsp3) is 0.889. The lowest BCUT2D eigenvalue weighted by Gasteiger charge is -2.65. The molecule has 14 heteroatoms. The smallest absolute Gasteiger partial charge is 0.331 e. The normalized spacial score (nSPS) is 53.5. The molecule has 0 aromatic rings. The van der Waals surface area contributed by atoms with Crippen molar-refractivity contribution in [2.24, 2.45) is 28.6 Å². The first-order chi connectivity index (χ1) is 23.7. The van der Waals surface area contributed by atoms with Crippen LogP contribution in [0, 0.1) is 28.6 Å². The monoisotopic (exact) mass is 710 g/mol. The van der Waals surface area contributed by atoms with Gasteiger partial charge in [0.1, 0.15) is 43.4 Å². The highest BCUT2D eigenvalue weighted by molar-refractivity contribution is 5.85. The summed E-state index contributed by atoms with van der Waals surface area (Å²) in [6.07, 6.45) is -2.52. The highest BCUT2D eigenvalue weighted by Gasteiger charge is 2.71. The summed E-state index contributed by atoms with van der Waals surface area (Å²) in [5.74, 6) is -0.635. The zero-order valence-electron chi connectivity index (χ0n) is 29.1. The van der Waals surface area contributed by atoms with E-state index in [1.807, 2.05) is 0 Å². The van der Waals surface area contributed by atoms with E-state index in [4.69, 9.17) is 28.4 Å². The number of aliphatic hydroxyl groups excluding tert-OH is 4. The molecule has 0 aromatic heterocycles. The van der Waals surface area contributed by atoms with Crippen molar-refractivity contribution in [2.45, 2.75) is 151 Å². The van der Waals surface area contributed by atoms with Gasteiger partial charge in [-0.05, 0) is 81.6 Å². The quantitative estimate of drug-likeness (QED) is 0.113. The number of ether oxygens (including phenoxy) is 6. The first-order valence-corrected chi connectivity index (χ1v) is 18.3. The van der Waals surface area contributed by atoms with Crippen LogP contribution in [0.1, 0.15) is 78.1 Å². The number of carbonyl (C=O) groups excluding carboxylic acids is 2. The summed E-state index contributed by atoms with van der Waals surface area (Å²) in [4.78, 5) is 25.1. The highest BCUT2D eigenvalue weighted by Crippen LogP contribution is 2.70. The third-order valence-corrected chi connectivity index (χ3v) is 14.2. The van der Waals surface area contributed by atoms with Gasteiger partial charge in [-0.1, -0.05) is 6.92 Å². The van der Waals surface area contributed by atoms with Crippen molar-refractivity contribution >= 4 is 12.3 Å². The largest absolute Gasteiger partial charge is 0.458 e. The summed E-state index contributed by atoms with van der Waals surface area (Å²) in [6.45, 7) is 3.57. The standard InChI is InChI=1S/C36H54O14/c1-18-31(50-32-30(42)29(41)28(40)25(15-37)49-32)24(45-3)13-27(47-18)48-20-4-9-34(17-38)22-5-8-33(2)21(19-12-26(39)46-16-19)7-11-36(33,44)23(22)6-10-35(34,43)14-20/h12,17-18,20-25,27-32,37,40-44H,4-11,13-16H2,1-3H3/t18-,20-,21-,22+,23-,24+,25-,27-,28-,29+,30-,31-,32+,33-,34-,35+,36-/m0/s1. The predicted octanol–water partition coefficient (Wildman–Crippen LogP) is 0.258. The molecule has 14 nitrogen and oxygen atoms in total. The molecule has 282 valence electrons. The van der Waals surface area contributed by atoms with Crippen LogP contribution in [0.5, 0.6) is 0 Å². The molecule has 50 heavy (non-hydrogen) atoms. The Morgan fingerprint density at radius 3 is 2.40 bits per heavy atom. The van der Waals surface area contributed by atoms with E-state index >= 15 is 0 Å². The Kier molecular flexibility index (Phi) is 9.84. The van der Waals surface area contributed by atoms with Crippen LogP contribution >= 0.6 is 0 Å². The lowest BCUT2D eigenvalue weighted by Crippen LogP contribution is -2.69. The molecular formula is C36H54O14. The second-order valence-corrected chi connectivity index (χ2v) is 16.3. The fourth-order valence-electron chi connectivity index (χ4n) is 11.5. The van der Waals surface area contributed by atoms with E-state index in [1.54, 1.807) is 13.0 Å². The second kappa shape index (κ2) is 13.4. The lowest BCUT2D eigenvalue weighted by molar-refractivity contribution is -0.346. The fourth-order valence-corrected chi connectivity index (χ4v) is 11.5. The van der Waals surface area contributed by atoms with E-state index in [0.29, 0.717) is 44.9 Å². The van der Waals surface area contributed by atoms with Gasteiger partial charge >= 0.3 is 5.97 Å².